The topological polar surface area (TPSA) is 116 Å². The van der Waals surface area contributed by atoms with E-state index >= 15 is 0 Å². The molecule has 0 spiro atoms. The number of carboxylic acid groups (broad SMARTS) is 1. The summed E-state index contributed by atoms with van der Waals surface area (Å²) in [6.45, 7) is 1.38. The zero-order chi connectivity index (χ0) is 14.1. The summed E-state index contributed by atoms with van der Waals surface area (Å²) in [7, 11) is 3.30. The van der Waals surface area contributed by atoms with Crippen LogP contribution in [0, 0.1) is 0 Å². The third-order valence-electron chi connectivity index (χ3n) is 1.81. The molecule has 7 heteroatoms. The molecule has 0 atom stereocenters. The Bertz CT molecular complexity index is 362. The lowest BCUT2D eigenvalue weighted by Gasteiger charge is -2.01. The molecule has 0 aliphatic carbocycles. The Kier molecular flexibility index (Phi) is 7.25. The van der Waals surface area contributed by atoms with Crippen LogP contribution < -0.4 is 0 Å². The van der Waals surface area contributed by atoms with Crippen LogP contribution in [0.5, 0.6) is 17.2 Å². The highest BCUT2D eigenvalue weighted by atomic mass is 16.5. The lowest BCUT2D eigenvalue weighted by atomic mass is 10.2. The maximum absolute atomic E-state index is 10.3. The molecule has 1 aromatic rings. The lowest BCUT2D eigenvalue weighted by molar-refractivity contribution is 0.0696. The summed E-state index contributed by atoms with van der Waals surface area (Å²) in [6.07, 6.45) is 0. The average Bonchev–Trinajstić information content (AvgIpc) is 2.33. The van der Waals surface area contributed by atoms with Gasteiger partial charge in [-0.1, -0.05) is 0 Å². The highest BCUT2D eigenvalue weighted by Crippen LogP contribution is 2.35. The minimum atomic E-state index is -1.29. The van der Waals surface area contributed by atoms with Crippen LogP contribution in [0.2, 0.25) is 0 Å². The Morgan fingerprint density at radius 2 is 1.44 bits per heavy atom. The van der Waals surface area contributed by atoms with Gasteiger partial charge in [0.05, 0.1) is 18.8 Å². The number of methoxy groups -OCH3 is 2. The second-order valence-electron chi connectivity index (χ2n) is 3.15. The molecule has 0 aromatic heterocycles. The van der Waals surface area contributed by atoms with Gasteiger partial charge in [0, 0.05) is 14.2 Å². The summed E-state index contributed by atoms with van der Waals surface area (Å²) in [5, 5.41) is 35.0. The second-order valence-corrected chi connectivity index (χ2v) is 3.15. The van der Waals surface area contributed by atoms with Crippen LogP contribution in [0.4, 0.5) is 0 Å². The van der Waals surface area contributed by atoms with Crippen LogP contribution in [0.3, 0.4) is 0 Å². The number of rotatable bonds is 4. The fourth-order valence-electron chi connectivity index (χ4n) is 0.894. The van der Waals surface area contributed by atoms with E-state index in [2.05, 4.69) is 9.47 Å². The maximum atomic E-state index is 10.3. The molecule has 0 heterocycles. The Labute approximate surface area is 104 Å². The van der Waals surface area contributed by atoms with Crippen molar-refractivity contribution >= 4 is 5.97 Å². The van der Waals surface area contributed by atoms with Crippen LogP contribution in [-0.2, 0) is 9.47 Å². The Hall–Kier alpha value is -1.99. The van der Waals surface area contributed by atoms with Crippen LogP contribution in [0.1, 0.15) is 10.4 Å². The molecule has 1 aromatic carbocycles. The first-order valence-electron chi connectivity index (χ1n) is 4.90. The maximum Gasteiger partial charge on any atom is 0.335 e. The number of hydrogen-bond acceptors (Lipinski definition) is 6. The molecule has 0 fully saturated rings. The minimum Gasteiger partial charge on any atom is -0.504 e. The van der Waals surface area contributed by atoms with Gasteiger partial charge < -0.3 is 29.9 Å². The molecule has 0 aliphatic heterocycles. The van der Waals surface area contributed by atoms with E-state index in [1.165, 1.54) is 0 Å². The van der Waals surface area contributed by atoms with Crippen molar-refractivity contribution in [2.24, 2.45) is 0 Å². The van der Waals surface area contributed by atoms with Crippen molar-refractivity contribution in [3.8, 4) is 17.2 Å². The smallest absolute Gasteiger partial charge is 0.335 e. The third kappa shape index (κ3) is 5.37. The van der Waals surface area contributed by atoms with E-state index in [1.54, 1.807) is 14.2 Å². The van der Waals surface area contributed by atoms with E-state index < -0.39 is 23.2 Å². The van der Waals surface area contributed by atoms with Gasteiger partial charge in [0.15, 0.2) is 17.2 Å². The molecule has 7 nitrogen and oxygen atoms in total. The van der Waals surface area contributed by atoms with Gasteiger partial charge in [-0.3, -0.25) is 0 Å². The summed E-state index contributed by atoms with van der Waals surface area (Å²) in [5.41, 5.74) is -0.289. The number of aromatic hydroxyl groups is 3. The lowest BCUT2D eigenvalue weighted by Crippen LogP contribution is -1.96. The van der Waals surface area contributed by atoms with Gasteiger partial charge in [-0.15, -0.1) is 0 Å². The van der Waals surface area contributed by atoms with Gasteiger partial charge in [-0.25, -0.2) is 4.79 Å². The van der Waals surface area contributed by atoms with Crippen molar-refractivity contribution in [1.82, 2.24) is 0 Å². The van der Waals surface area contributed by atoms with Crippen molar-refractivity contribution in [3.63, 3.8) is 0 Å². The third-order valence-corrected chi connectivity index (χ3v) is 1.81. The molecule has 0 aliphatic rings. The molecular formula is C11H16O7. The molecule has 0 radical (unpaired) electrons. The molecule has 18 heavy (non-hydrogen) atoms. The zero-order valence-corrected chi connectivity index (χ0v) is 10.1. The quantitative estimate of drug-likeness (QED) is 0.467. The van der Waals surface area contributed by atoms with Crippen molar-refractivity contribution in [2.75, 3.05) is 27.4 Å². The number of hydrogen-bond donors (Lipinski definition) is 4. The number of phenolic OH excluding ortho intramolecular Hbond substituents is 3. The van der Waals surface area contributed by atoms with Gasteiger partial charge in [0.1, 0.15) is 0 Å². The average molecular weight is 260 g/mol. The number of benzene rings is 1. The first-order valence-corrected chi connectivity index (χ1v) is 4.90. The second kappa shape index (κ2) is 8.15. The molecule has 1 rings (SSSR count). The van der Waals surface area contributed by atoms with Crippen LogP contribution in [0.15, 0.2) is 12.1 Å². The molecule has 4 N–H and O–H groups in total. The number of aromatic carboxylic acids is 1. The van der Waals surface area contributed by atoms with Crippen molar-refractivity contribution in [1.29, 1.82) is 0 Å². The van der Waals surface area contributed by atoms with Crippen LogP contribution >= 0.6 is 0 Å². The zero-order valence-electron chi connectivity index (χ0n) is 10.1. The van der Waals surface area contributed by atoms with Gasteiger partial charge in [0.25, 0.3) is 0 Å². The van der Waals surface area contributed by atoms with Gasteiger partial charge in [-0.05, 0) is 12.1 Å². The molecule has 0 saturated heterocycles. The predicted octanol–water partition coefficient (Wildman–Crippen LogP) is 0.781. The van der Waals surface area contributed by atoms with Crippen LogP contribution in [0.25, 0.3) is 0 Å². The molecule has 0 bridgehead atoms. The van der Waals surface area contributed by atoms with E-state index in [9.17, 15) is 4.79 Å². The van der Waals surface area contributed by atoms with Crippen molar-refractivity contribution in [3.05, 3.63) is 17.7 Å². The SMILES string of the molecule is COCCOC.O=C(O)c1cc(O)c(O)c(O)c1. The largest absolute Gasteiger partial charge is 0.504 e. The summed E-state index contributed by atoms with van der Waals surface area (Å²) >= 11 is 0. The van der Waals surface area contributed by atoms with Crippen LogP contribution in [-0.4, -0.2) is 53.8 Å². The highest BCUT2D eigenvalue weighted by Gasteiger charge is 2.11. The van der Waals surface area contributed by atoms with E-state index in [0.29, 0.717) is 13.2 Å². The van der Waals surface area contributed by atoms with E-state index in [0.717, 1.165) is 12.1 Å². The summed E-state index contributed by atoms with van der Waals surface area (Å²) in [6, 6.07) is 1.69. The summed E-state index contributed by atoms with van der Waals surface area (Å²) in [5.74, 6) is -3.33. The predicted molar refractivity (Wildman–Crippen MR) is 62.1 cm³/mol. The Morgan fingerprint density at radius 3 is 1.72 bits per heavy atom. The van der Waals surface area contributed by atoms with Crippen molar-refractivity contribution < 1.29 is 34.7 Å². The number of carboxylic acids is 1. The minimum absolute atomic E-state index is 0.289. The molecular weight excluding hydrogens is 244 g/mol. The monoisotopic (exact) mass is 260 g/mol. The summed E-state index contributed by atoms with van der Waals surface area (Å²) < 4.78 is 9.31. The van der Waals surface area contributed by atoms with E-state index in [-0.39, 0.29) is 5.56 Å². The standard InChI is InChI=1S/C7H6O5.C4H10O2/c8-4-1-3(7(11)12)2-5(9)6(4)10;1-5-3-4-6-2/h1-2,8-10H,(H,11,12);3-4H2,1-2H3. The number of phenols is 3. The molecule has 0 amide bonds. The fourth-order valence-corrected chi connectivity index (χ4v) is 0.894. The normalized spacial score (nSPS) is 9.44. The molecule has 0 saturated carbocycles. The van der Waals surface area contributed by atoms with Gasteiger partial charge in [-0.2, -0.15) is 0 Å². The molecule has 102 valence electrons. The van der Waals surface area contributed by atoms with Gasteiger partial charge in [0.2, 0.25) is 0 Å². The fraction of sp³-hybridized carbons (Fsp3) is 0.364. The van der Waals surface area contributed by atoms with Gasteiger partial charge >= 0.3 is 5.97 Å². The Balaban J connectivity index is 0.000000411. The van der Waals surface area contributed by atoms with Crippen molar-refractivity contribution in [2.45, 2.75) is 0 Å². The first-order chi connectivity index (χ1) is 8.43. The number of ether oxygens (including phenoxy) is 2. The summed E-state index contributed by atoms with van der Waals surface area (Å²) in [4.78, 5) is 10.3. The van der Waals surface area contributed by atoms with E-state index in [1.807, 2.05) is 0 Å². The highest BCUT2D eigenvalue weighted by molar-refractivity contribution is 5.89. The first kappa shape index (κ1) is 16.0. The molecule has 0 unspecified atom stereocenters. The van der Waals surface area contributed by atoms with E-state index in [4.69, 9.17) is 20.4 Å². The Morgan fingerprint density at radius 1 is 1.06 bits per heavy atom. The number of carbonyl (C=O) groups is 1.